The van der Waals surface area contributed by atoms with Crippen molar-refractivity contribution in [3.05, 3.63) is 42.0 Å². The second-order valence-corrected chi connectivity index (χ2v) is 6.58. The van der Waals surface area contributed by atoms with Gasteiger partial charge in [0.25, 0.3) is 5.91 Å². The SMILES string of the molecule is CCN(CC)CCNCC(=O)c1ccc2c(-c3nc[nH]c3C(N)=O)c[nH]c2c1. The number of hydrogen-bond acceptors (Lipinski definition) is 5. The molecular weight excluding hydrogens is 356 g/mol. The number of hydrogen-bond donors (Lipinski definition) is 4. The van der Waals surface area contributed by atoms with E-state index >= 15 is 0 Å². The van der Waals surface area contributed by atoms with E-state index in [2.05, 4.69) is 39.0 Å². The number of amides is 1. The van der Waals surface area contributed by atoms with Gasteiger partial charge in [-0.2, -0.15) is 0 Å². The summed E-state index contributed by atoms with van der Waals surface area (Å²) in [5, 5.41) is 4.09. The number of fused-ring (bicyclic) bond motifs is 1. The third kappa shape index (κ3) is 4.13. The van der Waals surface area contributed by atoms with Gasteiger partial charge in [0.2, 0.25) is 0 Å². The zero-order valence-corrected chi connectivity index (χ0v) is 16.2. The van der Waals surface area contributed by atoms with Crippen molar-refractivity contribution < 1.29 is 9.59 Å². The smallest absolute Gasteiger partial charge is 0.267 e. The van der Waals surface area contributed by atoms with Gasteiger partial charge in [-0.3, -0.25) is 9.59 Å². The lowest BCUT2D eigenvalue weighted by Gasteiger charge is -2.17. The molecule has 0 bridgehead atoms. The summed E-state index contributed by atoms with van der Waals surface area (Å²) in [7, 11) is 0. The molecule has 0 radical (unpaired) electrons. The third-order valence-corrected chi connectivity index (χ3v) is 4.93. The minimum atomic E-state index is -0.565. The van der Waals surface area contributed by atoms with E-state index in [0.717, 1.165) is 42.6 Å². The van der Waals surface area contributed by atoms with Crippen LogP contribution >= 0.6 is 0 Å². The molecule has 0 spiro atoms. The van der Waals surface area contributed by atoms with E-state index in [1.54, 1.807) is 12.3 Å². The van der Waals surface area contributed by atoms with Gasteiger partial charge in [-0.1, -0.05) is 26.0 Å². The van der Waals surface area contributed by atoms with Crippen LogP contribution in [0.2, 0.25) is 0 Å². The number of likely N-dealkylation sites (N-methyl/N-ethyl adjacent to an activating group) is 1. The fraction of sp³-hybridized carbons (Fsp3) is 0.350. The van der Waals surface area contributed by atoms with Crippen LogP contribution in [0.15, 0.2) is 30.7 Å². The molecule has 148 valence electrons. The van der Waals surface area contributed by atoms with Crippen molar-refractivity contribution in [1.82, 2.24) is 25.2 Å². The molecule has 2 aromatic heterocycles. The van der Waals surface area contributed by atoms with Crippen molar-refractivity contribution in [3.8, 4) is 11.3 Å². The Morgan fingerprint density at radius 1 is 1.21 bits per heavy atom. The van der Waals surface area contributed by atoms with E-state index in [9.17, 15) is 9.59 Å². The molecular formula is C20H26N6O2. The molecule has 0 saturated heterocycles. The number of aromatic nitrogens is 3. The number of rotatable bonds is 10. The summed E-state index contributed by atoms with van der Waals surface area (Å²) in [5.41, 5.74) is 8.36. The van der Waals surface area contributed by atoms with E-state index in [0.29, 0.717) is 17.8 Å². The molecule has 8 nitrogen and oxygen atoms in total. The van der Waals surface area contributed by atoms with E-state index in [1.165, 1.54) is 6.33 Å². The van der Waals surface area contributed by atoms with Crippen molar-refractivity contribution >= 4 is 22.6 Å². The topological polar surface area (TPSA) is 120 Å². The summed E-state index contributed by atoms with van der Waals surface area (Å²) in [6, 6.07) is 5.48. The highest BCUT2D eigenvalue weighted by atomic mass is 16.1. The highest BCUT2D eigenvalue weighted by Crippen LogP contribution is 2.29. The Kier molecular flexibility index (Phi) is 6.23. The standard InChI is InChI=1S/C20H26N6O2/c1-3-26(4-2)8-7-22-11-17(27)13-5-6-14-15(10-23-16(14)9-13)18-19(20(21)28)25-12-24-18/h5-6,9-10,12,22-23H,3-4,7-8,11H2,1-2H3,(H2,21,28)(H,24,25). The number of imidazole rings is 1. The number of carbonyl (C=O) groups excluding carboxylic acids is 2. The number of aromatic amines is 2. The molecule has 8 heteroatoms. The first-order valence-corrected chi connectivity index (χ1v) is 9.46. The lowest BCUT2D eigenvalue weighted by molar-refractivity contribution is 0.0985. The first kappa shape index (κ1) is 19.8. The van der Waals surface area contributed by atoms with Gasteiger partial charge in [-0.25, -0.2) is 4.98 Å². The zero-order valence-electron chi connectivity index (χ0n) is 16.2. The predicted molar refractivity (Wildman–Crippen MR) is 109 cm³/mol. The Morgan fingerprint density at radius 2 is 2.00 bits per heavy atom. The maximum atomic E-state index is 12.5. The van der Waals surface area contributed by atoms with Crippen LogP contribution < -0.4 is 11.1 Å². The van der Waals surface area contributed by atoms with Crippen molar-refractivity contribution in [1.29, 1.82) is 0 Å². The molecule has 0 fully saturated rings. The van der Waals surface area contributed by atoms with Crippen LogP contribution in [0, 0.1) is 0 Å². The van der Waals surface area contributed by atoms with Crippen LogP contribution in [-0.4, -0.2) is 64.3 Å². The summed E-state index contributed by atoms with van der Waals surface area (Å²) in [6.45, 7) is 8.26. The van der Waals surface area contributed by atoms with Crippen LogP contribution in [0.1, 0.15) is 34.7 Å². The average Bonchev–Trinajstić information content (AvgIpc) is 3.34. The van der Waals surface area contributed by atoms with E-state index in [-0.39, 0.29) is 11.5 Å². The third-order valence-electron chi connectivity index (χ3n) is 4.93. The quantitative estimate of drug-likeness (QED) is 0.315. The molecule has 0 atom stereocenters. The number of nitrogens with one attached hydrogen (secondary N) is 3. The summed E-state index contributed by atoms with van der Waals surface area (Å²) in [4.78, 5) is 36.5. The molecule has 3 rings (SSSR count). The lowest BCUT2D eigenvalue weighted by atomic mass is 10.0. The van der Waals surface area contributed by atoms with Gasteiger partial charge >= 0.3 is 0 Å². The van der Waals surface area contributed by atoms with Gasteiger partial charge in [0.1, 0.15) is 11.4 Å². The van der Waals surface area contributed by atoms with E-state index in [1.807, 2.05) is 12.1 Å². The fourth-order valence-corrected chi connectivity index (χ4v) is 3.26. The molecule has 1 aromatic carbocycles. The molecule has 0 saturated carbocycles. The van der Waals surface area contributed by atoms with Crippen LogP contribution in [0.5, 0.6) is 0 Å². The molecule has 0 aliphatic carbocycles. The average molecular weight is 382 g/mol. The molecule has 3 aromatic rings. The molecule has 5 N–H and O–H groups in total. The number of benzene rings is 1. The van der Waals surface area contributed by atoms with E-state index < -0.39 is 5.91 Å². The van der Waals surface area contributed by atoms with E-state index in [4.69, 9.17) is 5.73 Å². The maximum Gasteiger partial charge on any atom is 0.267 e. The summed E-state index contributed by atoms with van der Waals surface area (Å²) in [5.74, 6) is -0.528. The number of nitrogens with zero attached hydrogens (tertiary/aromatic N) is 2. The fourth-order valence-electron chi connectivity index (χ4n) is 3.26. The van der Waals surface area contributed by atoms with Gasteiger partial charge in [0.15, 0.2) is 5.78 Å². The Balaban J connectivity index is 1.71. The Bertz CT molecular complexity index is 970. The van der Waals surface area contributed by atoms with Gasteiger partial charge in [0.05, 0.1) is 12.9 Å². The predicted octanol–water partition coefficient (Wildman–Crippen LogP) is 1.77. The number of nitrogens with two attached hydrogens (primary N) is 1. The highest BCUT2D eigenvalue weighted by Gasteiger charge is 2.17. The zero-order chi connectivity index (χ0) is 20.1. The summed E-state index contributed by atoms with van der Waals surface area (Å²) in [6.07, 6.45) is 3.21. The highest BCUT2D eigenvalue weighted by molar-refractivity contribution is 6.05. The second kappa shape index (κ2) is 8.81. The number of H-pyrrole nitrogens is 2. The monoisotopic (exact) mass is 382 g/mol. The van der Waals surface area contributed by atoms with Gasteiger partial charge in [0, 0.05) is 41.3 Å². The molecule has 0 aliphatic heterocycles. The number of ketones is 1. The van der Waals surface area contributed by atoms with Crippen molar-refractivity contribution in [3.63, 3.8) is 0 Å². The first-order valence-electron chi connectivity index (χ1n) is 9.46. The molecule has 0 unspecified atom stereocenters. The van der Waals surface area contributed by atoms with Gasteiger partial charge in [-0.05, 0) is 19.2 Å². The van der Waals surface area contributed by atoms with Gasteiger partial charge < -0.3 is 25.9 Å². The van der Waals surface area contributed by atoms with Crippen molar-refractivity contribution in [2.24, 2.45) is 5.73 Å². The molecule has 1 amide bonds. The lowest BCUT2D eigenvalue weighted by Crippen LogP contribution is -2.34. The number of primary amides is 1. The largest absolute Gasteiger partial charge is 0.364 e. The second-order valence-electron chi connectivity index (χ2n) is 6.58. The van der Waals surface area contributed by atoms with Gasteiger partial charge in [-0.15, -0.1) is 0 Å². The molecule has 2 heterocycles. The normalized spacial score (nSPS) is 11.4. The maximum absolute atomic E-state index is 12.5. The molecule has 28 heavy (non-hydrogen) atoms. The summed E-state index contributed by atoms with van der Waals surface area (Å²) < 4.78 is 0. The Hall–Kier alpha value is -2.97. The van der Waals surface area contributed by atoms with Crippen LogP contribution in [-0.2, 0) is 0 Å². The summed E-state index contributed by atoms with van der Waals surface area (Å²) >= 11 is 0. The minimum absolute atomic E-state index is 0.0372. The number of carbonyl (C=O) groups is 2. The van der Waals surface area contributed by atoms with Crippen molar-refractivity contribution in [2.75, 3.05) is 32.7 Å². The minimum Gasteiger partial charge on any atom is -0.364 e. The molecule has 0 aliphatic rings. The first-order chi connectivity index (χ1) is 13.5. The van der Waals surface area contributed by atoms with Crippen LogP contribution in [0.3, 0.4) is 0 Å². The van der Waals surface area contributed by atoms with Crippen LogP contribution in [0.25, 0.3) is 22.2 Å². The Morgan fingerprint density at radius 3 is 2.71 bits per heavy atom. The van der Waals surface area contributed by atoms with Crippen LogP contribution in [0.4, 0.5) is 0 Å². The Labute approximate surface area is 163 Å². The number of Topliss-reactive ketones (excluding diaryl/α,β-unsaturated/α-hetero) is 1. The van der Waals surface area contributed by atoms with Crippen molar-refractivity contribution in [2.45, 2.75) is 13.8 Å².